The average molecular weight is 278 g/mol. The number of benzene rings is 1. The van der Waals surface area contributed by atoms with Gasteiger partial charge in [-0.3, -0.25) is 4.79 Å². The zero-order valence-electron chi connectivity index (χ0n) is 12.2. The summed E-state index contributed by atoms with van der Waals surface area (Å²) in [4.78, 5) is 11.7. The summed E-state index contributed by atoms with van der Waals surface area (Å²) in [7, 11) is 0. The van der Waals surface area contributed by atoms with Gasteiger partial charge >= 0.3 is 0 Å². The van der Waals surface area contributed by atoms with Crippen molar-refractivity contribution in [3.05, 3.63) is 29.8 Å². The summed E-state index contributed by atoms with van der Waals surface area (Å²) in [6.07, 6.45) is 0.968. The van der Waals surface area contributed by atoms with E-state index in [0.717, 1.165) is 12.0 Å². The van der Waals surface area contributed by atoms with Crippen LogP contribution in [-0.2, 0) is 11.2 Å². The molecule has 0 heterocycles. The van der Waals surface area contributed by atoms with Crippen LogP contribution in [0.2, 0.25) is 0 Å². The van der Waals surface area contributed by atoms with E-state index in [0.29, 0.717) is 24.4 Å². The first-order chi connectivity index (χ1) is 9.56. The number of rotatable bonds is 7. The van der Waals surface area contributed by atoms with Gasteiger partial charge in [-0.25, -0.2) is 0 Å². The van der Waals surface area contributed by atoms with Gasteiger partial charge in [0, 0.05) is 13.0 Å². The first-order valence-electron chi connectivity index (χ1n) is 6.77. The second kappa shape index (κ2) is 8.19. The Bertz CT molecular complexity index is 455. The van der Waals surface area contributed by atoms with Crippen LogP contribution in [0, 0.1) is 0 Å². The highest BCUT2D eigenvalue weighted by Gasteiger charge is 2.13. The molecule has 1 atom stereocenters. The van der Waals surface area contributed by atoms with Crippen LogP contribution < -0.4 is 10.1 Å². The largest absolute Gasteiger partial charge is 0.481 e. The minimum Gasteiger partial charge on any atom is -0.481 e. The molecule has 5 heteroatoms. The molecule has 0 aromatic heterocycles. The fourth-order valence-corrected chi connectivity index (χ4v) is 1.67. The third kappa shape index (κ3) is 5.30. The molecule has 0 radical (unpaired) electrons. The molecule has 0 spiro atoms. The molecule has 5 nitrogen and oxygen atoms in total. The number of nitrogens with one attached hydrogen (secondary N) is 1. The van der Waals surface area contributed by atoms with Crippen LogP contribution in [-0.4, -0.2) is 29.5 Å². The topological polar surface area (TPSA) is 70.9 Å². The summed E-state index contributed by atoms with van der Waals surface area (Å²) in [6, 6.07) is 7.40. The van der Waals surface area contributed by atoms with Gasteiger partial charge in [-0.15, -0.1) is 0 Å². The van der Waals surface area contributed by atoms with Crippen LogP contribution >= 0.6 is 0 Å². The van der Waals surface area contributed by atoms with E-state index in [4.69, 9.17) is 9.94 Å². The lowest BCUT2D eigenvalue weighted by Crippen LogP contribution is -2.36. The van der Waals surface area contributed by atoms with Crippen LogP contribution in [0.4, 0.5) is 0 Å². The highest BCUT2D eigenvalue weighted by Crippen LogP contribution is 2.14. The number of nitrogens with zero attached hydrogens (tertiary/aromatic N) is 1. The maximum atomic E-state index is 11.7. The van der Waals surface area contributed by atoms with Crippen LogP contribution in [0.1, 0.15) is 32.8 Å². The fourth-order valence-electron chi connectivity index (χ4n) is 1.67. The SMILES string of the molecule is CCCNC(=O)C(C)Oc1ccc(C/C(C)=N/O)cc1. The Morgan fingerprint density at radius 2 is 2.05 bits per heavy atom. The standard InChI is InChI=1S/C15H22N2O3/c1-4-9-16-15(18)12(3)20-14-7-5-13(6-8-14)10-11(2)17-19/h5-8,12,19H,4,9-10H2,1-3H3,(H,16,18)/b17-11+. The molecule has 0 aliphatic carbocycles. The fraction of sp³-hybridized carbons (Fsp3) is 0.467. The lowest BCUT2D eigenvalue weighted by atomic mass is 10.1. The van der Waals surface area contributed by atoms with Crippen molar-refractivity contribution in [2.45, 2.75) is 39.7 Å². The summed E-state index contributed by atoms with van der Waals surface area (Å²) >= 11 is 0. The molecule has 110 valence electrons. The van der Waals surface area contributed by atoms with Gasteiger partial charge in [0.1, 0.15) is 5.75 Å². The molecule has 1 aromatic carbocycles. The van der Waals surface area contributed by atoms with E-state index in [9.17, 15) is 4.79 Å². The predicted octanol–water partition coefficient (Wildman–Crippen LogP) is 2.37. The van der Waals surface area contributed by atoms with Gasteiger partial charge in [-0.1, -0.05) is 24.2 Å². The zero-order valence-corrected chi connectivity index (χ0v) is 12.2. The van der Waals surface area contributed by atoms with Crippen molar-refractivity contribution in [1.82, 2.24) is 5.32 Å². The van der Waals surface area contributed by atoms with E-state index < -0.39 is 6.10 Å². The van der Waals surface area contributed by atoms with Crippen molar-refractivity contribution >= 4 is 11.6 Å². The lowest BCUT2D eigenvalue weighted by Gasteiger charge is -2.14. The molecule has 0 bridgehead atoms. The number of amides is 1. The molecule has 0 saturated carbocycles. The Morgan fingerprint density at radius 3 is 2.60 bits per heavy atom. The molecule has 0 aliphatic rings. The van der Waals surface area contributed by atoms with Crippen molar-refractivity contribution in [2.75, 3.05) is 6.54 Å². The Labute approximate surface area is 119 Å². The van der Waals surface area contributed by atoms with Gasteiger partial charge in [0.15, 0.2) is 6.10 Å². The Hall–Kier alpha value is -2.04. The molecule has 0 fully saturated rings. The van der Waals surface area contributed by atoms with Crippen molar-refractivity contribution in [3.63, 3.8) is 0 Å². The van der Waals surface area contributed by atoms with Crippen LogP contribution in [0.3, 0.4) is 0 Å². The van der Waals surface area contributed by atoms with E-state index in [2.05, 4.69) is 10.5 Å². The number of hydrogen-bond donors (Lipinski definition) is 2. The van der Waals surface area contributed by atoms with Crippen LogP contribution in [0.15, 0.2) is 29.4 Å². The van der Waals surface area contributed by atoms with Crippen molar-refractivity contribution in [3.8, 4) is 5.75 Å². The minimum atomic E-state index is -0.520. The highest BCUT2D eigenvalue weighted by molar-refractivity contribution is 5.83. The molecule has 1 unspecified atom stereocenters. The van der Waals surface area contributed by atoms with Gasteiger partial charge in [-0.2, -0.15) is 0 Å². The van der Waals surface area contributed by atoms with E-state index in [-0.39, 0.29) is 5.91 Å². The van der Waals surface area contributed by atoms with E-state index in [1.165, 1.54) is 0 Å². The Morgan fingerprint density at radius 1 is 1.40 bits per heavy atom. The summed E-state index contributed by atoms with van der Waals surface area (Å²) < 4.78 is 5.57. The minimum absolute atomic E-state index is 0.112. The van der Waals surface area contributed by atoms with E-state index in [1.807, 2.05) is 31.2 Å². The average Bonchev–Trinajstić information content (AvgIpc) is 2.46. The van der Waals surface area contributed by atoms with Crippen molar-refractivity contribution in [1.29, 1.82) is 0 Å². The smallest absolute Gasteiger partial charge is 0.260 e. The van der Waals surface area contributed by atoms with E-state index in [1.54, 1.807) is 13.8 Å². The molecule has 1 rings (SSSR count). The molecule has 1 amide bonds. The second-order valence-corrected chi connectivity index (χ2v) is 4.71. The molecule has 2 N–H and O–H groups in total. The highest BCUT2D eigenvalue weighted by atomic mass is 16.5. The Balaban J connectivity index is 2.54. The normalized spacial score (nSPS) is 12.8. The summed E-state index contributed by atoms with van der Waals surface area (Å²) in [5, 5.41) is 14.5. The summed E-state index contributed by atoms with van der Waals surface area (Å²) in [6.45, 7) is 6.14. The third-order valence-electron chi connectivity index (χ3n) is 2.79. The Kier molecular flexibility index (Phi) is 6.56. The second-order valence-electron chi connectivity index (χ2n) is 4.71. The number of hydrogen-bond acceptors (Lipinski definition) is 4. The van der Waals surface area contributed by atoms with Gasteiger partial charge in [-0.05, 0) is 38.0 Å². The van der Waals surface area contributed by atoms with Crippen LogP contribution in [0.5, 0.6) is 5.75 Å². The summed E-state index contributed by atoms with van der Waals surface area (Å²) in [5.74, 6) is 0.533. The van der Waals surface area contributed by atoms with Crippen molar-refractivity contribution in [2.24, 2.45) is 5.16 Å². The van der Waals surface area contributed by atoms with Crippen molar-refractivity contribution < 1.29 is 14.7 Å². The molecule has 0 aliphatic heterocycles. The van der Waals surface area contributed by atoms with Gasteiger partial charge in [0.05, 0.1) is 5.71 Å². The molecular weight excluding hydrogens is 256 g/mol. The number of oxime groups is 1. The van der Waals surface area contributed by atoms with Crippen LogP contribution in [0.25, 0.3) is 0 Å². The lowest BCUT2D eigenvalue weighted by molar-refractivity contribution is -0.127. The monoisotopic (exact) mass is 278 g/mol. The molecule has 1 aromatic rings. The molecular formula is C15H22N2O3. The quantitative estimate of drug-likeness (QED) is 0.457. The number of carbonyl (C=O) groups excluding carboxylic acids is 1. The van der Waals surface area contributed by atoms with Gasteiger partial charge in [0.2, 0.25) is 0 Å². The molecule has 20 heavy (non-hydrogen) atoms. The van der Waals surface area contributed by atoms with Gasteiger partial charge in [0.25, 0.3) is 5.91 Å². The predicted molar refractivity (Wildman–Crippen MR) is 78.4 cm³/mol. The molecule has 0 saturated heterocycles. The number of carbonyl (C=O) groups is 1. The first-order valence-corrected chi connectivity index (χ1v) is 6.77. The maximum Gasteiger partial charge on any atom is 0.260 e. The number of ether oxygens (including phenoxy) is 1. The summed E-state index contributed by atoms with van der Waals surface area (Å²) in [5.41, 5.74) is 1.67. The van der Waals surface area contributed by atoms with Gasteiger partial charge < -0.3 is 15.3 Å². The van der Waals surface area contributed by atoms with E-state index >= 15 is 0 Å². The maximum absolute atomic E-state index is 11.7. The zero-order chi connectivity index (χ0) is 15.0. The third-order valence-corrected chi connectivity index (χ3v) is 2.79. The first kappa shape index (κ1) is 16.0.